The van der Waals surface area contributed by atoms with Crippen molar-refractivity contribution in [1.82, 2.24) is 14.7 Å². The number of nitrogens with zero attached hydrogens (tertiary/aromatic N) is 3. The molecule has 5 nitrogen and oxygen atoms in total. The van der Waals surface area contributed by atoms with Crippen LogP contribution in [0.5, 0.6) is 0 Å². The standard InChI is InChI=1S/C20H21N3O2/c1-14-3-10-19(25-14)13-23(18-8-9-18)20(24)16-6-4-15(5-7-16)17-11-21-22(2)12-17/h3-7,10-12,18H,8-9,13H2,1-2H3. The summed E-state index contributed by atoms with van der Waals surface area (Å²) in [5.74, 6) is 1.78. The maximum absolute atomic E-state index is 13.0. The van der Waals surface area contributed by atoms with Gasteiger partial charge in [-0.25, -0.2) is 0 Å². The van der Waals surface area contributed by atoms with Gasteiger partial charge in [0.2, 0.25) is 0 Å². The lowest BCUT2D eigenvalue weighted by atomic mass is 10.1. The van der Waals surface area contributed by atoms with E-state index in [0.717, 1.165) is 35.5 Å². The van der Waals surface area contributed by atoms with Crippen molar-refractivity contribution in [2.45, 2.75) is 32.4 Å². The molecule has 1 saturated carbocycles. The van der Waals surface area contributed by atoms with Crippen molar-refractivity contribution in [3.05, 3.63) is 65.9 Å². The topological polar surface area (TPSA) is 51.3 Å². The van der Waals surface area contributed by atoms with Crippen LogP contribution in [-0.4, -0.2) is 26.6 Å². The quantitative estimate of drug-likeness (QED) is 0.713. The molecule has 4 rings (SSSR count). The molecule has 0 saturated heterocycles. The van der Waals surface area contributed by atoms with E-state index in [1.807, 2.05) is 67.7 Å². The molecule has 0 radical (unpaired) electrons. The maximum Gasteiger partial charge on any atom is 0.254 e. The molecule has 3 aromatic rings. The Hall–Kier alpha value is -2.82. The highest BCUT2D eigenvalue weighted by Gasteiger charge is 2.33. The molecule has 2 aromatic heterocycles. The summed E-state index contributed by atoms with van der Waals surface area (Å²) in [6.07, 6.45) is 5.93. The largest absolute Gasteiger partial charge is 0.464 e. The van der Waals surface area contributed by atoms with Crippen molar-refractivity contribution in [3.63, 3.8) is 0 Å². The predicted molar refractivity (Wildman–Crippen MR) is 95.0 cm³/mol. The average Bonchev–Trinajstić information content (AvgIpc) is 3.24. The summed E-state index contributed by atoms with van der Waals surface area (Å²) in [6, 6.07) is 12.0. The Balaban J connectivity index is 1.53. The molecule has 0 spiro atoms. The van der Waals surface area contributed by atoms with Crippen LogP contribution in [0.2, 0.25) is 0 Å². The lowest BCUT2D eigenvalue weighted by Crippen LogP contribution is -2.32. The summed E-state index contributed by atoms with van der Waals surface area (Å²) < 4.78 is 7.43. The van der Waals surface area contributed by atoms with E-state index in [4.69, 9.17) is 4.42 Å². The van der Waals surface area contributed by atoms with Gasteiger partial charge in [-0.3, -0.25) is 9.48 Å². The van der Waals surface area contributed by atoms with Crippen LogP contribution >= 0.6 is 0 Å². The van der Waals surface area contributed by atoms with E-state index >= 15 is 0 Å². The molecule has 1 aromatic carbocycles. The van der Waals surface area contributed by atoms with Gasteiger partial charge in [-0.15, -0.1) is 0 Å². The molecule has 1 aliphatic carbocycles. The molecule has 1 aliphatic rings. The number of aromatic nitrogens is 2. The Morgan fingerprint density at radius 3 is 2.52 bits per heavy atom. The zero-order valence-electron chi connectivity index (χ0n) is 14.5. The fourth-order valence-electron chi connectivity index (χ4n) is 3.03. The van der Waals surface area contributed by atoms with Gasteiger partial charge in [-0.05, 0) is 49.6 Å². The molecule has 0 unspecified atom stereocenters. The lowest BCUT2D eigenvalue weighted by molar-refractivity contribution is 0.0717. The van der Waals surface area contributed by atoms with Gasteiger partial charge in [0.15, 0.2) is 0 Å². The molecule has 25 heavy (non-hydrogen) atoms. The fraction of sp³-hybridized carbons (Fsp3) is 0.300. The van der Waals surface area contributed by atoms with Crippen molar-refractivity contribution >= 4 is 5.91 Å². The number of carbonyl (C=O) groups is 1. The lowest BCUT2D eigenvalue weighted by Gasteiger charge is -2.21. The zero-order chi connectivity index (χ0) is 17.4. The minimum absolute atomic E-state index is 0.0642. The third-order valence-electron chi connectivity index (χ3n) is 4.54. The molecule has 128 valence electrons. The number of furan rings is 1. The minimum Gasteiger partial charge on any atom is -0.464 e. The van der Waals surface area contributed by atoms with E-state index in [1.165, 1.54) is 0 Å². The van der Waals surface area contributed by atoms with Gasteiger partial charge in [0, 0.05) is 30.4 Å². The highest BCUT2D eigenvalue weighted by molar-refractivity contribution is 5.95. The number of amides is 1. The first-order chi connectivity index (χ1) is 12.1. The number of rotatable bonds is 5. The second kappa shape index (κ2) is 6.24. The molecule has 0 aliphatic heterocycles. The minimum atomic E-state index is 0.0642. The van der Waals surface area contributed by atoms with Crippen molar-refractivity contribution in [2.24, 2.45) is 7.05 Å². The summed E-state index contributed by atoms with van der Waals surface area (Å²) in [7, 11) is 1.89. The monoisotopic (exact) mass is 335 g/mol. The number of carbonyl (C=O) groups excluding carboxylic acids is 1. The first kappa shape index (κ1) is 15.7. The van der Waals surface area contributed by atoms with Gasteiger partial charge < -0.3 is 9.32 Å². The normalized spacial score (nSPS) is 13.8. The van der Waals surface area contributed by atoms with Gasteiger partial charge in [0.1, 0.15) is 11.5 Å². The van der Waals surface area contributed by atoms with Crippen LogP contribution in [-0.2, 0) is 13.6 Å². The van der Waals surface area contributed by atoms with Crippen LogP contribution in [0.1, 0.15) is 34.7 Å². The summed E-state index contributed by atoms with van der Waals surface area (Å²) in [6.45, 7) is 2.45. The number of hydrogen-bond acceptors (Lipinski definition) is 3. The molecular weight excluding hydrogens is 314 g/mol. The number of hydrogen-bond donors (Lipinski definition) is 0. The first-order valence-electron chi connectivity index (χ1n) is 8.55. The van der Waals surface area contributed by atoms with Crippen molar-refractivity contribution in [3.8, 4) is 11.1 Å². The molecule has 0 atom stereocenters. The molecular formula is C20H21N3O2. The van der Waals surface area contributed by atoms with E-state index in [2.05, 4.69) is 5.10 Å². The zero-order valence-corrected chi connectivity index (χ0v) is 14.5. The van der Waals surface area contributed by atoms with E-state index in [-0.39, 0.29) is 5.91 Å². The van der Waals surface area contributed by atoms with Gasteiger partial charge in [-0.2, -0.15) is 5.10 Å². The Morgan fingerprint density at radius 2 is 1.96 bits per heavy atom. The van der Waals surface area contributed by atoms with Crippen LogP contribution in [0.4, 0.5) is 0 Å². The maximum atomic E-state index is 13.0. The summed E-state index contributed by atoms with van der Waals surface area (Å²) in [4.78, 5) is 14.9. The van der Waals surface area contributed by atoms with Crippen LogP contribution in [0.25, 0.3) is 11.1 Å². The van der Waals surface area contributed by atoms with Crippen molar-refractivity contribution in [2.75, 3.05) is 0 Å². The second-order valence-corrected chi connectivity index (χ2v) is 6.66. The van der Waals surface area contributed by atoms with Crippen LogP contribution in [0.3, 0.4) is 0 Å². The Labute approximate surface area is 146 Å². The Morgan fingerprint density at radius 1 is 1.20 bits per heavy atom. The Kier molecular flexibility index (Phi) is 3.92. The summed E-state index contributed by atoms with van der Waals surface area (Å²) in [5.41, 5.74) is 2.82. The molecule has 0 N–H and O–H groups in total. The summed E-state index contributed by atoms with van der Waals surface area (Å²) >= 11 is 0. The third kappa shape index (κ3) is 3.36. The predicted octanol–water partition coefficient (Wildman–Crippen LogP) is 3.79. The van der Waals surface area contributed by atoms with Gasteiger partial charge >= 0.3 is 0 Å². The van der Waals surface area contributed by atoms with Crippen molar-refractivity contribution < 1.29 is 9.21 Å². The van der Waals surface area contributed by atoms with E-state index in [9.17, 15) is 4.79 Å². The highest BCUT2D eigenvalue weighted by atomic mass is 16.3. The van der Waals surface area contributed by atoms with Gasteiger partial charge in [0.25, 0.3) is 5.91 Å². The highest BCUT2D eigenvalue weighted by Crippen LogP contribution is 2.30. The third-order valence-corrected chi connectivity index (χ3v) is 4.54. The van der Waals surface area contributed by atoms with Crippen LogP contribution in [0, 0.1) is 6.92 Å². The first-order valence-corrected chi connectivity index (χ1v) is 8.55. The van der Waals surface area contributed by atoms with E-state index < -0.39 is 0 Å². The van der Waals surface area contributed by atoms with Gasteiger partial charge in [-0.1, -0.05) is 12.1 Å². The average molecular weight is 335 g/mol. The smallest absolute Gasteiger partial charge is 0.254 e. The van der Waals surface area contributed by atoms with E-state index in [1.54, 1.807) is 4.68 Å². The molecule has 2 heterocycles. The fourth-order valence-corrected chi connectivity index (χ4v) is 3.03. The van der Waals surface area contributed by atoms with E-state index in [0.29, 0.717) is 18.2 Å². The number of benzene rings is 1. The Bertz CT molecular complexity index is 888. The molecule has 5 heteroatoms. The molecule has 1 amide bonds. The molecule has 1 fully saturated rings. The molecule has 0 bridgehead atoms. The summed E-state index contributed by atoms with van der Waals surface area (Å²) in [5, 5.41) is 4.19. The van der Waals surface area contributed by atoms with Crippen LogP contribution in [0.15, 0.2) is 53.2 Å². The SMILES string of the molecule is Cc1ccc(CN(C(=O)c2ccc(-c3cnn(C)c3)cc2)C2CC2)o1. The van der Waals surface area contributed by atoms with Crippen LogP contribution < -0.4 is 0 Å². The van der Waals surface area contributed by atoms with Gasteiger partial charge in [0.05, 0.1) is 12.7 Å². The second-order valence-electron chi connectivity index (χ2n) is 6.66. The number of aryl methyl sites for hydroxylation is 2. The van der Waals surface area contributed by atoms with Crippen molar-refractivity contribution in [1.29, 1.82) is 0 Å².